The Morgan fingerprint density at radius 2 is 2.05 bits per heavy atom. The highest BCUT2D eigenvalue weighted by Crippen LogP contribution is 2.38. The first-order chi connectivity index (χ1) is 10.2. The second kappa shape index (κ2) is 6.26. The van der Waals surface area contributed by atoms with Crippen LogP contribution in [0.2, 0.25) is 0 Å². The smallest absolute Gasteiger partial charge is 0.233 e. The van der Waals surface area contributed by atoms with Crippen LogP contribution in [0.25, 0.3) is 0 Å². The SMILES string of the molecule is O=C1CSC(c2ccc(F)cc2)N1CCc1ccccn1. The molecule has 0 radical (unpaired) electrons. The molecule has 0 aliphatic carbocycles. The van der Waals surface area contributed by atoms with E-state index in [0.29, 0.717) is 12.3 Å². The van der Waals surface area contributed by atoms with Gasteiger partial charge in [-0.05, 0) is 29.8 Å². The van der Waals surface area contributed by atoms with Crippen LogP contribution >= 0.6 is 11.8 Å². The molecule has 1 atom stereocenters. The number of nitrogens with zero attached hydrogens (tertiary/aromatic N) is 2. The standard InChI is InChI=1S/C16H15FN2OS/c17-13-6-4-12(5-7-13)16-19(15(20)11-21-16)10-8-14-3-1-2-9-18-14/h1-7,9,16H,8,10-11H2. The van der Waals surface area contributed by atoms with Gasteiger partial charge >= 0.3 is 0 Å². The van der Waals surface area contributed by atoms with Crippen molar-refractivity contribution in [2.45, 2.75) is 11.8 Å². The van der Waals surface area contributed by atoms with E-state index in [2.05, 4.69) is 4.98 Å². The Morgan fingerprint density at radius 3 is 2.76 bits per heavy atom. The van der Waals surface area contributed by atoms with Gasteiger partial charge in [-0.3, -0.25) is 9.78 Å². The van der Waals surface area contributed by atoms with Crippen LogP contribution in [-0.2, 0) is 11.2 Å². The maximum Gasteiger partial charge on any atom is 0.233 e. The third-order valence-electron chi connectivity index (χ3n) is 3.46. The van der Waals surface area contributed by atoms with Gasteiger partial charge < -0.3 is 4.90 Å². The second-order valence-electron chi connectivity index (χ2n) is 4.87. The van der Waals surface area contributed by atoms with Crippen LogP contribution in [0.3, 0.4) is 0 Å². The Hall–Kier alpha value is -1.88. The Kier molecular flexibility index (Phi) is 4.20. The Bertz CT molecular complexity index is 618. The largest absolute Gasteiger partial charge is 0.325 e. The van der Waals surface area contributed by atoms with Crippen molar-refractivity contribution in [3.63, 3.8) is 0 Å². The lowest BCUT2D eigenvalue weighted by atomic mass is 10.2. The van der Waals surface area contributed by atoms with Crippen LogP contribution < -0.4 is 0 Å². The number of hydrogen-bond donors (Lipinski definition) is 0. The van der Waals surface area contributed by atoms with Crippen molar-refractivity contribution in [3.8, 4) is 0 Å². The zero-order valence-electron chi connectivity index (χ0n) is 11.4. The summed E-state index contributed by atoms with van der Waals surface area (Å²) in [5, 5.41) is -0.0261. The molecule has 1 fully saturated rings. The maximum absolute atomic E-state index is 13.0. The van der Waals surface area contributed by atoms with Crippen LogP contribution in [0.4, 0.5) is 4.39 Å². The van der Waals surface area contributed by atoms with Gasteiger partial charge in [0.05, 0.1) is 5.75 Å². The molecule has 1 amide bonds. The molecule has 108 valence electrons. The maximum atomic E-state index is 13.0. The monoisotopic (exact) mass is 302 g/mol. The van der Waals surface area contributed by atoms with Crippen LogP contribution in [0.1, 0.15) is 16.6 Å². The first-order valence-electron chi connectivity index (χ1n) is 6.80. The number of hydrogen-bond acceptors (Lipinski definition) is 3. The molecule has 0 N–H and O–H groups in total. The average Bonchev–Trinajstić information content (AvgIpc) is 2.88. The van der Waals surface area contributed by atoms with Gasteiger partial charge in [-0.2, -0.15) is 0 Å². The number of pyridine rings is 1. The Morgan fingerprint density at radius 1 is 1.24 bits per heavy atom. The van der Waals surface area contributed by atoms with Crippen molar-refractivity contribution in [2.24, 2.45) is 0 Å². The number of carbonyl (C=O) groups is 1. The molecular formula is C16H15FN2OS. The van der Waals surface area contributed by atoms with E-state index in [9.17, 15) is 9.18 Å². The van der Waals surface area contributed by atoms with Crippen LogP contribution in [-0.4, -0.2) is 28.1 Å². The topological polar surface area (TPSA) is 33.2 Å². The summed E-state index contributed by atoms with van der Waals surface area (Å²) in [6.07, 6.45) is 2.48. The summed E-state index contributed by atoms with van der Waals surface area (Å²) in [5.41, 5.74) is 1.94. The number of rotatable bonds is 4. The van der Waals surface area contributed by atoms with Crippen molar-refractivity contribution in [1.29, 1.82) is 0 Å². The molecular weight excluding hydrogens is 287 g/mol. The zero-order valence-corrected chi connectivity index (χ0v) is 12.2. The highest BCUT2D eigenvalue weighted by Gasteiger charge is 2.32. The lowest BCUT2D eigenvalue weighted by Crippen LogP contribution is -2.30. The van der Waals surface area contributed by atoms with E-state index in [0.717, 1.165) is 17.7 Å². The van der Waals surface area contributed by atoms with Crippen molar-refractivity contribution < 1.29 is 9.18 Å². The summed E-state index contributed by atoms with van der Waals surface area (Å²) in [7, 11) is 0. The van der Waals surface area contributed by atoms with Crippen LogP contribution in [0, 0.1) is 5.82 Å². The molecule has 0 saturated carbocycles. The summed E-state index contributed by atoms with van der Waals surface area (Å²) < 4.78 is 13.0. The minimum Gasteiger partial charge on any atom is -0.325 e. The van der Waals surface area contributed by atoms with Gasteiger partial charge in [0.2, 0.25) is 5.91 Å². The quantitative estimate of drug-likeness (QED) is 0.870. The minimum atomic E-state index is -0.256. The Labute approximate surface area is 127 Å². The minimum absolute atomic E-state index is 0.0261. The van der Waals surface area contributed by atoms with Crippen LogP contribution in [0.15, 0.2) is 48.7 Å². The normalized spacial score (nSPS) is 18.2. The Balaban J connectivity index is 1.72. The summed E-state index contributed by atoms with van der Waals surface area (Å²) in [4.78, 5) is 18.2. The van der Waals surface area contributed by atoms with Gasteiger partial charge in [-0.1, -0.05) is 18.2 Å². The number of carbonyl (C=O) groups excluding carboxylic acids is 1. The van der Waals surface area contributed by atoms with E-state index in [4.69, 9.17) is 0 Å². The fourth-order valence-corrected chi connectivity index (χ4v) is 3.60. The van der Waals surface area contributed by atoms with Gasteiger partial charge in [-0.15, -0.1) is 11.8 Å². The van der Waals surface area contributed by atoms with Crippen molar-refractivity contribution in [2.75, 3.05) is 12.3 Å². The molecule has 1 aliphatic heterocycles. The summed E-state index contributed by atoms with van der Waals surface area (Å²) in [5.74, 6) is 0.350. The molecule has 1 saturated heterocycles. The predicted octanol–water partition coefficient (Wildman–Crippen LogP) is 3.04. The van der Waals surface area contributed by atoms with Crippen LogP contribution in [0.5, 0.6) is 0 Å². The molecule has 2 heterocycles. The van der Waals surface area contributed by atoms with E-state index in [1.54, 1.807) is 30.1 Å². The highest BCUT2D eigenvalue weighted by atomic mass is 32.2. The average molecular weight is 302 g/mol. The molecule has 0 bridgehead atoms. The molecule has 1 unspecified atom stereocenters. The van der Waals surface area contributed by atoms with Gasteiger partial charge in [0.15, 0.2) is 0 Å². The van der Waals surface area contributed by atoms with E-state index in [1.165, 1.54) is 12.1 Å². The number of amides is 1. The molecule has 3 rings (SSSR count). The molecule has 0 spiro atoms. The lowest BCUT2D eigenvalue weighted by molar-refractivity contribution is -0.128. The fourth-order valence-electron chi connectivity index (χ4n) is 2.38. The van der Waals surface area contributed by atoms with Gasteiger partial charge in [0.1, 0.15) is 11.2 Å². The van der Waals surface area contributed by atoms with Gasteiger partial charge in [-0.25, -0.2) is 4.39 Å². The highest BCUT2D eigenvalue weighted by molar-refractivity contribution is 8.00. The second-order valence-corrected chi connectivity index (χ2v) is 5.94. The number of aromatic nitrogens is 1. The molecule has 2 aromatic rings. The first-order valence-corrected chi connectivity index (χ1v) is 7.85. The summed E-state index contributed by atoms with van der Waals surface area (Å²) >= 11 is 1.59. The number of halogens is 1. The molecule has 5 heteroatoms. The van der Waals surface area contributed by atoms with Gasteiger partial charge in [0, 0.05) is 24.9 Å². The number of thioether (sulfide) groups is 1. The fraction of sp³-hybridized carbons (Fsp3) is 0.250. The molecule has 3 nitrogen and oxygen atoms in total. The van der Waals surface area contributed by atoms with E-state index in [-0.39, 0.29) is 17.1 Å². The summed E-state index contributed by atoms with van der Waals surface area (Å²) in [6.45, 7) is 0.630. The third-order valence-corrected chi connectivity index (χ3v) is 4.71. The molecule has 1 aromatic carbocycles. The predicted molar refractivity (Wildman–Crippen MR) is 81.3 cm³/mol. The molecule has 1 aliphatic rings. The van der Waals surface area contributed by atoms with Crippen molar-refractivity contribution in [3.05, 3.63) is 65.7 Å². The number of benzene rings is 1. The van der Waals surface area contributed by atoms with Gasteiger partial charge in [0.25, 0.3) is 0 Å². The van der Waals surface area contributed by atoms with Crippen molar-refractivity contribution in [1.82, 2.24) is 9.88 Å². The van der Waals surface area contributed by atoms with Crippen molar-refractivity contribution >= 4 is 17.7 Å². The zero-order chi connectivity index (χ0) is 14.7. The summed E-state index contributed by atoms with van der Waals surface area (Å²) in [6, 6.07) is 12.2. The third kappa shape index (κ3) is 3.24. The van der Waals surface area contributed by atoms with E-state index >= 15 is 0 Å². The molecule has 21 heavy (non-hydrogen) atoms. The lowest BCUT2D eigenvalue weighted by Gasteiger charge is -2.24. The van der Waals surface area contributed by atoms with E-state index in [1.807, 2.05) is 23.1 Å². The first kappa shape index (κ1) is 14.1. The molecule has 1 aromatic heterocycles. The van der Waals surface area contributed by atoms with E-state index < -0.39 is 0 Å².